The third-order valence-electron chi connectivity index (χ3n) is 5.36. The summed E-state index contributed by atoms with van der Waals surface area (Å²) in [6, 6.07) is 17.6. The number of hydrogen-bond acceptors (Lipinski definition) is 4. The van der Waals surface area contributed by atoms with E-state index in [1.54, 1.807) is 0 Å². The third kappa shape index (κ3) is 2.99. The van der Waals surface area contributed by atoms with E-state index >= 15 is 0 Å². The summed E-state index contributed by atoms with van der Waals surface area (Å²) >= 11 is 0. The number of anilines is 2. The maximum Gasteiger partial charge on any atom is 0.251 e. The van der Waals surface area contributed by atoms with Gasteiger partial charge in [0, 0.05) is 31.9 Å². The molecule has 4 rings (SSSR count). The molecule has 0 bridgehead atoms. The predicted molar refractivity (Wildman–Crippen MR) is 102 cm³/mol. The van der Waals surface area contributed by atoms with Gasteiger partial charge in [0.1, 0.15) is 0 Å². The molecule has 0 spiro atoms. The zero-order chi connectivity index (χ0) is 18.1. The number of nitrogens with zero attached hydrogens (tertiary/aromatic N) is 3. The Balaban J connectivity index is 1.46. The standard InChI is InChI=1S/C21H23N3O2/c1-16-7-5-6-10-18(16)24-20(25)15-19(21(24)26)23-13-11-22(12-14-23)17-8-3-2-4-9-17/h2-10,19H,11-15H2,1H3/t19-/m0/s1. The molecule has 0 saturated carbocycles. The van der Waals surface area contributed by atoms with Crippen molar-refractivity contribution in [1.82, 2.24) is 4.90 Å². The van der Waals surface area contributed by atoms with Crippen molar-refractivity contribution in [2.75, 3.05) is 36.0 Å². The minimum atomic E-state index is -0.333. The molecule has 2 aromatic carbocycles. The molecule has 2 saturated heterocycles. The van der Waals surface area contributed by atoms with Crippen LogP contribution in [0.5, 0.6) is 0 Å². The van der Waals surface area contributed by atoms with Gasteiger partial charge in [-0.15, -0.1) is 0 Å². The number of hydrogen-bond donors (Lipinski definition) is 0. The van der Waals surface area contributed by atoms with Crippen molar-refractivity contribution < 1.29 is 9.59 Å². The first kappa shape index (κ1) is 16.8. The maximum atomic E-state index is 13.0. The Morgan fingerprint density at radius 3 is 2.19 bits per heavy atom. The molecule has 5 heteroatoms. The Bertz CT molecular complexity index is 813. The molecule has 0 aliphatic carbocycles. The van der Waals surface area contributed by atoms with Crippen molar-refractivity contribution in [3.8, 4) is 0 Å². The first-order valence-electron chi connectivity index (χ1n) is 9.11. The quantitative estimate of drug-likeness (QED) is 0.799. The molecule has 5 nitrogen and oxygen atoms in total. The van der Waals surface area contributed by atoms with Gasteiger partial charge in [0.2, 0.25) is 5.91 Å². The highest BCUT2D eigenvalue weighted by atomic mass is 16.2. The topological polar surface area (TPSA) is 43.9 Å². The van der Waals surface area contributed by atoms with Crippen LogP contribution in [0, 0.1) is 6.92 Å². The number of aryl methyl sites for hydroxylation is 1. The lowest BCUT2D eigenvalue weighted by Crippen LogP contribution is -2.52. The van der Waals surface area contributed by atoms with Crippen LogP contribution in [0.25, 0.3) is 0 Å². The van der Waals surface area contributed by atoms with E-state index in [2.05, 4.69) is 21.9 Å². The van der Waals surface area contributed by atoms with Gasteiger partial charge < -0.3 is 4.90 Å². The molecule has 2 fully saturated rings. The zero-order valence-corrected chi connectivity index (χ0v) is 15.0. The number of benzene rings is 2. The van der Waals surface area contributed by atoms with Crippen LogP contribution in [0.15, 0.2) is 54.6 Å². The minimum Gasteiger partial charge on any atom is -0.369 e. The van der Waals surface area contributed by atoms with Gasteiger partial charge in [0.25, 0.3) is 5.91 Å². The summed E-state index contributed by atoms with van der Waals surface area (Å²) in [6.07, 6.45) is 0.276. The summed E-state index contributed by atoms with van der Waals surface area (Å²) in [5.74, 6) is -0.183. The first-order chi connectivity index (χ1) is 12.6. The summed E-state index contributed by atoms with van der Waals surface area (Å²) in [5.41, 5.74) is 2.87. The maximum absolute atomic E-state index is 13.0. The number of imide groups is 1. The molecule has 2 amide bonds. The zero-order valence-electron chi connectivity index (χ0n) is 15.0. The highest BCUT2D eigenvalue weighted by Gasteiger charge is 2.43. The van der Waals surface area contributed by atoms with Crippen LogP contribution in [-0.2, 0) is 9.59 Å². The lowest BCUT2D eigenvalue weighted by atomic mass is 10.1. The Labute approximate surface area is 153 Å². The molecular formula is C21H23N3O2. The van der Waals surface area contributed by atoms with Gasteiger partial charge in [-0.3, -0.25) is 14.5 Å². The molecule has 0 radical (unpaired) electrons. The fourth-order valence-corrected chi connectivity index (χ4v) is 3.90. The second-order valence-corrected chi connectivity index (χ2v) is 6.93. The van der Waals surface area contributed by atoms with E-state index in [0.29, 0.717) is 5.69 Å². The average Bonchev–Trinajstić information content (AvgIpc) is 2.97. The number of carbonyl (C=O) groups is 2. The number of carbonyl (C=O) groups excluding carboxylic acids is 2. The Morgan fingerprint density at radius 1 is 0.846 bits per heavy atom. The van der Waals surface area contributed by atoms with Crippen LogP contribution in [-0.4, -0.2) is 48.9 Å². The highest BCUT2D eigenvalue weighted by molar-refractivity contribution is 6.22. The van der Waals surface area contributed by atoms with Crippen molar-refractivity contribution in [3.63, 3.8) is 0 Å². The summed E-state index contributed by atoms with van der Waals surface area (Å²) in [6.45, 7) is 5.25. The molecule has 1 atom stereocenters. The van der Waals surface area contributed by atoms with E-state index in [0.717, 1.165) is 31.7 Å². The van der Waals surface area contributed by atoms with E-state index in [1.807, 2.05) is 49.4 Å². The summed E-state index contributed by atoms with van der Waals surface area (Å²) in [7, 11) is 0. The largest absolute Gasteiger partial charge is 0.369 e. The van der Waals surface area contributed by atoms with E-state index in [4.69, 9.17) is 0 Å². The van der Waals surface area contributed by atoms with E-state index in [9.17, 15) is 9.59 Å². The summed E-state index contributed by atoms with van der Waals surface area (Å²) in [5, 5.41) is 0. The van der Waals surface area contributed by atoms with E-state index in [1.165, 1.54) is 10.6 Å². The fourth-order valence-electron chi connectivity index (χ4n) is 3.90. The second kappa shape index (κ2) is 6.92. The smallest absolute Gasteiger partial charge is 0.251 e. The van der Waals surface area contributed by atoms with Crippen molar-refractivity contribution in [2.45, 2.75) is 19.4 Å². The number of para-hydroxylation sites is 2. The number of rotatable bonds is 3. The van der Waals surface area contributed by atoms with E-state index < -0.39 is 0 Å². The minimum absolute atomic E-state index is 0.0857. The normalized spacial score (nSPS) is 21.5. The third-order valence-corrected chi connectivity index (χ3v) is 5.36. The summed E-state index contributed by atoms with van der Waals surface area (Å²) in [4.78, 5) is 31.4. The lowest BCUT2D eigenvalue weighted by Gasteiger charge is -2.38. The summed E-state index contributed by atoms with van der Waals surface area (Å²) < 4.78 is 0. The van der Waals surface area contributed by atoms with Crippen molar-refractivity contribution in [3.05, 3.63) is 60.2 Å². The Kier molecular flexibility index (Phi) is 4.47. The second-order valence-electron chi connectivity index (χ2n) is 6.93. The molecule has 2 aliphatic heterocycles. The molecule has 134 valence electrons. The number of piperazine rings is 1. The van der Waals surface area contributed by atoms with E-state index in [-0.39, 0.29) is 24.3 Å². The molecule has 26 heavy (non-hydrogen) atoms. The van der Waals surface area contributed by atoms with Gasteiger partial charge in [0.15, 0.2) is 0 Å². The fraction of sp³-hybridized carbons (Fsp3) is 0.333. The number of amides is 2. The molecule has 2 aromatic rings. The van der Waals surface area contributed by atoms with Crippen molar-refractivity contribution >= 4 is 23.2 Å². The molecule has 0 unspecified atom stereocenters. The van der Waals surface area contributed by atoms with Crippen molar-refractivity contribution in [1.29, 1.82) is 0 Å². The monoisotopic (exact) mass is 349 g/mol. The molecule has 0 aromatic heterocycles. The van der Waals surface area contributed by atoms with Crippen LogP contribution in [0.1, 0.15) is 12.0 Å². The Hall–Kier alpha value is -2.66. The van der Waals surface area contributed by atoms with Gasteiger partial charge in [-0.05, 0) is 30.7 Å². The highest BCUT2D eigenvalue weighted by Crippen LogP contribution is 2.29. The van der Waals surface area contributed by atoms with Gasteiger partial charge in [-0.1, -0.05) is 36.4 Å². The molecular weight excluding hydrogens is 326 g/mol. The van der Waals surface area contributed by atoms with Crippen LogP contribution in [0.3, 0.4) is 0 Å². The lowest BCUT2D eigenvalue weighted by molar-refractivity contribution is -0.123. The first-order valence-corrected chi connectivity index (χ1v) is 9.11. The van der Waals surface area contributed by atoms with Gasteiger partial charge in [0.05, 0.1) is 18.2 Å². The van der Waals surface area contributed by atoms with Gasteiger partial charge >= 0.3 is 0 Å². The van der Waals surface area contributed by atoms with Crippen LogP contribution >= 0.6 is 0 Å². The van der Waals surface area contributed by atoms with Crippen LogP contribution in [0.2, 0.25) is 0 Å². The molecule has 2 aliphatic rings. The van der Waals surface area contributed by atoms with Crippen molar-refractivity contribution in [2.24, 2.45) is 0 Å². The predicted octanol–water partition coefficient (Wildman–Crippen LogP) is 2.45. The van der Waals surface area contributed by atoms with Crippen LogP contribution < -0.4 is 9.80 Å². The van der Waals surface area contributed by atoms with Gasteiger partial charge in [-0.2, -0.15) is 0 Å². The Morgan fingerprint density at radius 2 is 1.50 bits per heavy atom. The SMILES string of the molecule is Cc1ccccc1N1C(=O)C[C@H](N2CCN(c3ccccc3)CC2)C1=O. The average molecular weight is 349 g/mol. The van der Waals surface area contributed by atoms with Crippen LogP contribution in [0.4, 0.5) is 11.4 Å². The molecule has 2 heterocycles. The van der Waals surface area contributed by atoms with Gasteiger partial charge in [-0.25, -0.2) is 4.90 Å². The molecule has 0 N–H and O–H groups in total.